The number of nitrogens with one attached hydrogen (secondary N) is 1. The lowest BCUT2D eigenvalue weighted by atomic mass is 10.0. The number of hydrogen-bond donors (Lipinski definition) is 1. The number of anilines is 1. The van der Waals surface area contributed by atoms with Gasteiger partial charge in [-0.25, -0.2) is 8.78 Å². The minimum atomic E-state index is -0.605. The van der Waals surface area contributed by atoms with Gasteiger partial charge in [0.05, 0.1) is 7.11 Å². The van der Waals surface area contributed by atoms with Gasteiger partial charge < -0.3 is 10.1 Å². The molecule has 0 radical (unpaired) electrons. The summed E-state index contributed by atoms with van der Waals surface area (Å²) in [4.78, 5) is 12.4. The number of benzene rings is 3. The van der Waals surface area contributed by atoms with Crippen LogP contribution in [0.3, 0.4) is 0 Å². The van der Waals surface area contributed by atoms with Crippen molar-refractivity contribution in [1.82, 2.24) is 0 Å². The molecule has 0 aliphatic heterocycles. The zero-order valence-electron chi connectivity index (χ0n) is 16.2. The van der Waals surface area contributed by atoms with Crippen LogP contribution in [0.4, 0.5) is 14.5 Å². The highest BCUT2D eigenvalue weighted by Crippen LogP contribution is 2.25. The first-order chi connectivity index (χ1) is 14.5. The van der Waals surface area contributed by atoms with Crippen molar-refractivity contribution in [3.8, 4) is 11.8 Å². The van der Waals surface area contributed by atoms with Gasteiger partial charge in [0.2, 0.25) is 0 Å². The van der Waals surface area contributed by atoms with Crippen molar-refractivity contribution in [2.24, 2.45) is 0 Å². The summed E-state index contributed by atoms with van der Waals surface area (Å²) in [5.74, 6) is -0.775. The van der Waals surface area contributed by atoms with Crippen molar-refractivity contribution in [2.45, 2.75) is 6.42 Å². The van der Waals surface area contributed by atoms with Crippen LogP contribution < -0.4 is 10.1 Å². The SMILES string of the molecule is COc1cc(/C=C(\C#N)C(=O)Nc2ccc(F)cc2)ccc1Cc1cccc(F)c1. The zero-order chi connectivity index (χ0) is 21.5. The van der Waals surface area contributed by atoms with E-state index in [4.69, 9.17) is 4.74 Å². The fourth-order valence-electron chi connectivity index (χ4n) is 2.91. The monoisotopic (exact) mass is 404 g/mol. The molecule has 0 spiro atoms. The number of rotatable bonds is 6. The van der Waals surface area contributed by atoms with Gasteiger partial charge in [0, 0.05) is 12.1 Å². The standard InChI is InChI=1S/C24H18F2N2O2/c1-30-23-14-17(5-6-18(23)11-16-3-2-4-21(26)13-16)12-19(15-27)24(29)28-22-9-7-20(25)8-10-22/h2-10,12-14H,11H2,1H3,(H,28,29)/b19-12+. The van der Waals surface area contributed by atoms with Crippen molar-refractivity contribution in [3.05, 3.63) is 101 Å². The molecule has 3 aromatic rings. The summed E-state index contributed by atoms with van der Waals surface area (Å²) < 4.78 is 31.8. The highest BCUT2D eigenvalue weighted by Gasteiger charge is 2.11. The van der Waals surface area contributed by atoms with Crippen molar-refractivity contribution in [1.29, 1.82) is 5.26 Å². The molecule has 0 saturated carbocycles. The quantitative estimate of drug-likeness (QED) is 0.459. The van der Waals surface area contributed by atoms with Gasteiger partial charge in [-0.1, -0.05) is 24.3 Å². The molecule has 1 amide bonds. The molecule has 0 aliphatic rings. The van der Waals surface area contributed by atoms with E-state index < -0.39 is 11.7 Å². The van der Waals surface area contributed by atoms with Gasteiger partial charge in [-0.3, -0.25) is 4.79 Å². The predicted molar refractivity (Wildman–Crippen MR) is 111 cm³/mol. The number of carbonyl (C=O) groups excluding carboxylic acids is 1. The topological polar surface area (TPSA) is 62.1 Å². The summed E-state index contributed by atoms with van der Waals surface area (Å²) in [5.41, 5.74) is 2.51. The van der Waals surface area contributed by atoms with Gasteiger partial charge in [0.1, 0.15) is 29.0 Å². The van der Waals surface area contributed by atoms with E-state index in [2.05, 4.69) is 5.32 Å². The largest absolute Gasteiger partial charge is 0.496 e. The number of halogens is 2. The van der Waals surface area contributed by atoms with E-state index in [1.54, 1.807) is 18.2 Å². The molecule has 0 atom stereocenters. The molecule has 0 saturated heterocycles. The summed E-state index contributed by atoms with van der Waals surface area (Å²) in [7, 11) is 1.52. The van der Waals surface area contributed by atoms with E-state index in [0.717, 1.165) is 11.1 Å². The highest BCUT2D eigenvalue weighted by atomic mass is 19.1. The van der Waals surface area contributed by atoms with Crippen molar-refractivity contribution in [2.75, 3.05) is 12.4 Å². The third kappa shape index (κ3) is 5.30. The Labute approximate surface area is 173 Å². The molecule has 0 aromatic heterocycles. The van der Waals surface area contributed by atoms with Gasteiger partial charge in [-0.2, -0.15) is 5.26 Å². The second kappa shape index (κ2) is 9.48. The number of nitriles is 1. The molecule has 30 heavy (non-hydrogen) atoms. The van der Waals surface area contributed by atoms with Gasteiger partial charge in [0.25, 0.3) is 5.91 Å². The number of amides is 1. The van der Waals surface area contributed by atoms with Crippen LogP contribution in [0.25, 0.3) is 6.08 Å². The molecule has 0 bridgehead atoms. The van der Waals surface area contributed by atoms with E-state index in [1.165, 1.54) is 49.6 Å². The maximum Gasteiger partial charge on any atom is 0.266 e. The fraction of sp³-hybridized carbons (Fsp3) is 0.0833. The Balaban J connectivity index is 1.81. The van der Waals surface area contributed by atoms with E-state index in [-0.39, 0.29) is 11.4 Å². The minimum Gasteiger partial charge on any atom is -0.496 e. The highest BCUT2D eigenvalue weighted by molar-refractivity contribution is 6.09. The summed E-state index contributed by atoms with van der Waals surface area (Å²) in [6.07, 6.45) is 1.91. The van der Waals surface area contributed by atoms with Crippen molar-refractivity contribution >= 4 is 17.7 Å². The van der Waals surface area contributed by atoms with Crippen LogP contribution in [-0.4, -0.2) is 13.0 Å². The Morgan fingerprint density at radius 1 is 1.07 bits per heavy atom. The number of ether oxygens (including phenoxy) is 1. The third-order valence-electron chi connectivity index (χ3n) is 4.37. The average Bonchev–Trinajstić information content (AvgIpc) is 2.74. The molecule has 0 unspecified atom stereocenters. The molecular formula is C24H18F2N2O2. The first-order valence-electron chi connectivity index (χ1n) is 9.08. The summed E-state index contributed by atoms with van der Waals surface area (Å²) >= 11 is 0. The van der Waals surface area contributed by atoms with E-state index in [9.17, 15) is 18.8 Å². The first kappa shape index (κ1) is 20.7. The second-order valence-electron chi connectivity index (χ2n) is 6.51. The lowest BCUT2D eigenvalue weighted by Gasteiger charge is -2.10. The van der Waals surface area contributed by atoms with Crippen LogP contribution in [0, 0.1) is 23.0 Å². The first-order valence-corrected chi connectivity index (χ1v) is 9.08. The molecule has 4 nitrogen and oxygen atoms in total. The molecule has 3 rings (SSSR count). The van der Waals surface area contributed by atoms with Crippen LogP contribution in [0.1, 0.15) is 16.7 Å². The van der Waals surface area contributed by atoms with Gasteiger partial charge in [-0.05, 0) is 65.2 Å². The smallest absolute Gasteiger partial charge is 0.266 e. The number of hydrogen-bond acceptors (Lipinski definition) is 3. The molecule has 0 aliphatic carbocycles. The summed E-state index contributed by atoms with van der Waals surface area (Å²) in [6.45, 7) is 0. The van der Waals surface area contributed by atoms with Crippen LogP contribution in [0.5, 0.6) is 5.75 Å². The Kier molecular flexibility index (Phi) is 6.56. The van der Waals surface area contributed by atoms with Gasteiger partial charge >= 0.3 is 0 Å². The van der Waals surface area contributed by atoms with Crippen LogP contribution in [0.15, 0.2) is 72.3 Å². The number of methoxy groups -OCH3 is 1. The van der Waals surface area contributed by atoms with E-state index >= 15 is 0 Å². The van der Waals surface area contributed by atoms with Crippen LogP contribution in [0.2, 0.25) is 0 Å². The van der Waals surface area contributed by atoms with Gasteiger partial charge in [0.15, 0.2) is 0 Å². The zero-order valence-corrected chi connectivity index (χ0v) is 16.2. The number of carbonyl (C=O) groups is 1. The molecule has 150 valence electrons. The van der Waals surface area contributed by atoms with Crippen LogP contribution >= 0.6 is 0 Å². The molecule has 0 heterocycles. The molecule has 0 fully saturated rings. The maximum absolute atomic E-state index is 13.4. The Bertz CT molecular complexity index is 1130. The molecule has 1 N–H and O–H groups in total. The lowest BCUT2D eigenvalue weighted by molar-refractivity contribution is -0.112. The summed E-state index contributed by atoms with van der Waals surface area (Å²) in [5, 5.41) is 11.9. The van der Waals surface area contributed by atoms with E-state index in [1.807, 2.05) is 18.2 Å². The Hall–Kier alpha value is -3.98. The second-order valence-corrected chi connectivity index (χ2v) is 6.51. The Morgan fingerprint density at radius 2 is 1.83 bits per heavy atom. The lowest BCUT2D eigenvalue weighted by Crippen LogP contribution is -2.13. The molecular weight excluding hydrogens is 386 g/mol. The molecule has 3 aromatic carbocycles. The Morgan fingerprint density at radius 3 is 2.50 bits per heavy atom. The van der Waals surface area contributed by atoms with E-state index in [0.29, 0.717) is 23.4 Å². The fourth-order valence-corrected chi connectivity index (χ4v) is 2.91. The number of nitrogens with zero attached hydrogens (tertiary/aromatic N) is 1. The van der Waals surface area contributed by atoms with Crippen LogP contribution in [-0.2, 0) is 11.2 Å². The van der Waals surface area contributed by atoms with Crippen molar-refractivity contribution < 1.29 is 18.3 Å². The minimum absolute atomic E-state index is 0.112. The third-order valence-corrected chi connectivity index (χ3v) is 4.37. The average molecular weight is 404 g/mol. The summed E-state index contributed by atoms with van der Waals surface area (Å²) in [6, 6.07) is 18.7. The maximum atomic E-state index is 13.4. The van der Waals surface area contributed by atoms with Gasteiger partial charge in [-0.15, -0.1) is 0 Å². The predicted octanol–water partition coefficient (Wildman–Crippen LogP) is 5.11. The molecule has 6 heteroatoms. The normalized spacial score (nSPS) is 10.9. The van der Waals surface area contributed by atoms with Crippen molar-refractivity contribution in [3.63, 3.8) is 0 Å².